The van der Waals surface area contributed by atoms with Crippen LogP contribution in [0.1, 0.15) is 62.8 Å². The molecule has 2 atom stereocenters. The van der Waals surface area contributed by atoms with Crippen molar-refractivity contribution in [3.63, 3.8) is 0 Å². The number of carbonyl (C=O) groups is 3. The predicted octanol–water partition coefficient (Wildman–Crippen LogP) is 6.12. The molecule has 0 aliphatic carbocycles. The molecule has 1 aliphatic rings. The molecular weight excluding hydrogens is 489 g/mol. The number of halogens is 3. The number of alkyl halides is 3. The molecule has 0 fully saturated rings. The Morgan fingerprint density at radius 3 is 2.30 bits per heavy atom. The van der Waals surface area contributed by atoms with Crippen molar-refractivity contribution >= 4 is 23.7 Å². The summed E-state index contributed by atoms with van der Waals surface area (Å²) in [5.74, 6) is -1.88. The van der Waals surface area contributed by atoms with Crippen molar-refractivity contribution in [3.8, 4) is 0 Å². The van der Waals surface area contributed by atoms with Crippen molar-refractivity contribution in [2.24, 2.45) is 0 Å². The summed E-state index contributed by atoms with van der Waals surface area (Å²) >= 11 is 0. The zero-order valence-corrected chi connectivity index (χ0v) is 21.0. The lowest BCUT2D eigenvalue weighted by Crippen LogP contribution is -2.52. The largest absolute Gasteiger partial charge is 0.480 e. The van der Waals surface area contributed by atoms with Crippen molar-refractivity contribution in [3.05, 3.63) is 76.5 Å². The summed E-state index contributed by atoms with van der Waals surface area (Å²) in [6.45, 7) is 6.34. The Hall–Kier alpha value is -3.82. The van der Waals surface area contributed by atoms with E-state index in [0.717, 1.165) is 40.0 Å². The van der Waals surface area contributed by atoms with Gasteiger partial charge in [-0.3, -0.25) is 9.69 Å². The summed E-state index contributed by atoms with van der Waals surface area (Å²) < 4.78 is 45.5. The number of carbonyl (C=O) groups excluding carboxylic acids is 2. The number of urea groups is 1. The van der Waals surface area contributed by atoms with Gasteiger partial charge in [-0.25, -0.2) is 9.59 Å². The van der Waals surface area contributed by atoms with Gasteiger partial charge in [0.1, 0.15) is 6.54 Å². The van der Waals surface area contributed by atoms with Crippen LogP contribution in [0.4, 0.5) is 23.7 Å². The number of hydrogen-bond donors (Lipinski definition) is 1. The number of carboxylic acids is 1. The van der Waals surface area contributed by atoms with Gasteiger partial charge in [0.15, 0.2) is 0 Å². The third-order valence-corrected chi connectivity index (χ3v) is 6.41. The first-order chi connectivity index (χ1) is 17.4. The lowest BCUT2D eigenvalue weighted by Gasteiger charge is -2.42. The molecule has 0 aromatic heterocycles. The molecule has 37 heavy (non-hydrogen) atoms. The Morgan fingerprint density at radius 1 is 1.11 bits per heavy atom. The normalized spacial score (nSPS) is 17.2. The molecule has 1 N–H and O–H groups in total. The van der Waals surface area contributed by atoms with E-state index in [0.29, 0.717) is 5.56 Å². The second-order valence-electron chi connectivity index (χ2n) is 8.79. The van der Waals surface area contributed by atoms with E-state index in [1.807, 2.05) is 19.1 Å². The van der Waals surface area contributed by atoms with Gasteiger partial charge >= 0.3 is 24.1 Å². The van der Waals surface area contributed by atoms with E-state index >= 15 is 0 Å². The van der Waals surface area contributed by atoms with Crippen LogP contribution in [0, 0.1) is 0 Å². The molecule has 2 amide bonds. The van der Waals surface area contributed by atoms with Gasteiger partial charge in [0.25, 0.3) is 0 Å². The number of nitrogens with zero attached hydrogens (tertiary/aromatic N) is 2. The van der Waals surface area contributed by atoms with E-state index in [4.69, 9.17) is 4.74 Å². The zero-order valence-electron chi connectivity index (χ0n) is 21.0. The van der Waals surface area contributed by atoms with Crippen molar-refractivity contribution in [1.29, 1.82) is 0 Å². The standard InChI is InChI=1S/C27H29F3N2O5/c1-5-16(3)18-10-12-19(13-11-18)24-23(25(35)37-6-2)17(4)32(26(36)31(24)15-22(33)34)21-9-7-8-20(14-21)27(28,29)30/h7-14,16,24H,5-6,15H2,1-4H3,(H,33,34)/t16?,24-/m1/s1. The van der Waals surface area contributed by atoms with E-state index in [2.05, 4.69) is 6.92 Å². The molecule has 10 heteroatoms. The van der Waals surface area contributed by atoms with Crippen LogP contribution >= 0.6 is 0 Å². The molecule has 0 saturated carbocycles. The molecule has 3 rings (SSSR count). The lowest BCUT2D eigenvalue weighted by atomic mass is 9.90. The molecule has 1 heterocycles. The van der Waals surface area contributed by atoms with Crippen LogP contribution in [0.2, 0.25) is 0 Å². The van der Waals surface area contributed by atoms with Crippen LogP contribution in [0.25, 0.3) is 0 Å². The molecule has 0 spiro atoms. The fraction of sp³-hybridized carbons (Fsp3) is 0.370. The van der Waals surface area contributed by atoms with Gasteiger partial charge in [-0.1, -0.05) is 44.2 Å². The Balaban J connectivity index is 2.25. The summed E-state index contributed by atoms with van der Waals surface area (Å²) in [7, 11) is 0. The first-order valence-corrected chi connectivity index (χ1v) is 11.9. The number of rotatable bonds is 8. The highest BCUT2D eigenvalue weighted by Crippen LogP contribution is 2.41. The summed E-state index contributed by atoms with van der Waals surface area (Å²) in [6.07, 6.45) is -3.78. The Morgan fingerprint density at radius 2 is 1.76 bits per heavy atom. The van der Waals surface area contributed by atoms with E-state index < -0.39 is 42.3 Å². The molecule has 2 aromatic rings. The molecule has 0 bridgehead atoms. The topological polar surface area (TPSA) is 87.2 Å². The summed E-state index contributed by atoms with van der Waals surface area (Å²) in [5, 5.41) is 9.61. The predicted molar refractivity (Wildman–Crippen MR) is 131 cm³/mol. The monoisotopic (exact) mass is 518 g/mol. The maximum Gasteiger partial charge on any atom is 0.416 e. The number of anilines is 1. The smallest absolute Gasteiger partial charge is 0.416 e. The first-order valence-electron chi connectivity index (χ1n) is 11.9. The number of hydrogen-bond acceptors (Lipinski definition) is 4. The minimum atomic E-state index is -4.67. The summed E-state index contributed by atoms with van der Waals surface area (Å²) in [5.41, 5.74) is 0.391. The van der Waals surface area contributed by atoms with Crippen molar-refractivity contribution < 1.29 is 37.4 Å². The van der Waals surface area contributed by atoms with Gasteiger partial charge < -0.3 is 14.7 Å². The molecule has 7 nitrogen and oxygen atoms in total. The number of benzene rings is 2. The number of aliphatic carboxylic acids is 1. The maximum absolute atomic E-state index is 13.7. The van der Waals surface area contributed by atoms with E-state index in [1.165, 1.54) is 13.0 Å². The third kappa shape index (κ3) is 5.79. The molecular formula is C27H29F3N2O5. The second kappa shape index (κ2) is 11.1. The van der Waals surface area contributed by atoms with Crippen LogP contribution < -0.4 is 4.90 Å². The van der Waals surface area contributed by atoms with Gasteiger partial charge in [0.05, 0.1) is 29.5 Å². The third-order valence-electron chi connectivity index (χ3n) is 6.41. The molecule has 198 valence electrons. The Kier molecular flexibility index (Phi) is 8.30. The minimum Gasteiger partial charge on any atom is -0.480 e. The molecule has 0 radical (unpaired) electrons. The van der Waals surface area contributed by atoms with Crippen LogP contribution in [0.5, 0.6) is 0 Å². The zero-order chi connectivity index (χ0) is 27.5. The van der Waals surface area contributed by atoms with Crippen LogP contribution in [0.3, 0.4) is 0 Å². The highest BCUT2D eigenvalue weighted by atomic mass is 19.4. The number of carboxylic acid groups (broad SMARTS) is 1. The average Bonchev–Trinajstić information content (AvgIpc) is 2.84. The van der Waals surface area contributed by atoms with E-state index in [-0.39, 0.29) is 29.5 Å². The van der Waals surface area contributed by atoms with Crippen LogP contribution in [-0.4, -0.2) is 41.1 Å². The van der Waals surface area contributed by atoms with Gasteiger partial charge in [0.2, 0.25) is 0 Å². The number of amides is 2. The fourth-order valence-corrected chi connectivity index (χ4v) is 4.34. The Bertz CT molecular complexity index is 1210. The first kappa shape index (κ1) is 27.8. The van der Waals surface area contributed by atoms with Crippen molar-refractivity contribution in [2.45, 2.75) is 52.3 Å². The highest BCUT2D eigenvalue weighted by molar-refractivity contribution is 6.04. The van der Waals surface area contributed by atoms with Crippen LogP contribution in [-0.2, 0) is 20.5 Å². The fourth-order valence-electron chi connectivity index (χ4n) is 4.34. The minimum absolute atomic E-state index is 0.00568. The van der Waals surface area contributed by atoms with E-state index in [9.17, 15) is 32.7 Å². The van der Waals surface area contributed by atoms with Crippen molar-refractivity contribution in [2.75, 3.05) is 18.1 Å². The summed E-state index contributed by atoms with van der Waals surface area (Å²) in [4.78, 5) is 40.5. The molecule has 1 unspecified atom stereocenters. The van der Waals surface area contributed by atoms with Gasteiger partial charge in [-0.15, -0.1) is 0 Å². The molecule has 1 aliphatic heterocycles. The highest BCUT2D eigenvalue weighted by Gasteiger charge is 2.44. The van der Waals surface area contributed by atoms with Crippen LogP contribution in [0.15, 0.2) is 59.8 Å². The maximum atomic E-state index is 13.7. The van der Waals surface area contributed by atoms with Crippen molar-refractivity contribution in [1.82, 2.24) is 4.90 Å². The van der Waals surface area contributed by atoms with Gasteiger partial charge in [0, 0.05) is 5.70 Å². The number of esters is 1. The van der Waals surface area contributed by atoms with Gasteiger partial charge in [-0.2, -0.15) is 13.2 Å². The molecule has 0 saturated heterocycles. The SMILES string of the molecule is CCOC(=O)C1=C(C)N(c2cccc(C(F)(F)F)c2)C(=O)N(CC(=O)O)[C@@H]1c1ccc(C(C)CC)cc1. The van der Waals surface area contributed by atoms with Gasteiger partial charge in [-0.05, 0) is 55.5 Å². The second-order valence-corrected chi connectivity index (χ2v) is 8.79. The average molecular weight is 519 g/mol. The molecule has 2 aromatic carbocycles. The number of allylic oxidation sites excluding steroid dienone is 1. The van der Waals surface area contributed by atoms with E-state index in [1.54, 1.807) is 19.1 Å². The lowest BCUT2D eigenvalue weighted by molar-refractivity contribution is -0.141. The Labute approximate surface area is 213 Å². The summed E-state index contributed by atoms with van der Waals surface area (Å²) in [6, 6.07) is 9.24. The number of ether oxygens (including phenoxy) is 1. The quantitative estimate of drug-likeness (QED) is 0.425.